The van der Waals surface area contributed by atoms with E-state index in [0.29, 0.717) is 12.0 Å². The fraction of sp³-hybridized carbons (Fsp3) is 0.462. The Morgan fingerprint density at radius 3 is 2.12 bits per heavy atom. The molecule has 14 nitrogen and oxygen atoms in total. The molecule has 40 heavy (non-hydrogen) atoms. The first kappa shape index (κ1) is 31.8. The summed E-state index contributed by atoms with van der Waals surface area (Å²) < 4.78 is 0. The Labute approximate surface area is 230 Å². The summed E-state index contributed by atoms with van der Waals surface area (Å²) >= 11 is 0. The van der Waals surface area contributed by atoms with E-state index in [2.05, 4.69) is 20.9 Å². The summed E-state index contributed by atoms with van der Waals surface area (Å²) in [5.41, 5.74) is 12.4. The summed E-state index contributed by atoms with van der Waals surface area (Å²) in [4.78, 5) is 76.4. The van der Waals surface area contributed by atoms with Crippen LogP contribution in [0.25, 0.3) is 10.9 Å². The number of H-pyrrole nitrogens is 1. The molecule has 0 spiro atoms. The highest BCUT2D eigenvalue weighted by Gasteiger charge is 2.32. The van der Waals surface area contributed by atoms with Crippen LogP contribution in [-0.4, -0.2) is 74.9 Å². The van der Waals surface area contributed by atoms with Crippen LogP contribution in [0.15, 0.2) is 30.5 Å². The average Bonchev–Trinajstić information content (AvgIpc) is 3.31. The van der Waals surface area contributed by atoms with Gasteiger partial charge in [-0.25, -0.2) is 4.79 Å². The van der Waals surface area contributed by atoms with Crippen molar-refractivity contribution in [1.82, 2.24) is 20.9 Å². The van der Waals surface area contributed by atoms with Crippen molar-refractivity contribution in [3.63, 3.8) is 0 Å². The van der Waals surface area contributed by atoms with Gasteiger partial charge in [0.2, 0.25) is 23.6 Å². The van der Waals surface area contributed by atoms with Gasteiger partial charge in [0.25, 0.3) is 0 Å². The van der Waals surface area contributed by atoms with Gasteiger partial charge in [-0.15, -0.1) is 0 Å². The molecule has 0 fully saturated rings. The number of carboxylic acids is 2. The highest BCUT2D eigenvalue weighted by molar-refractivity contribution is 5.95. The first-order valence-corrected chi connectivity index (χ1v) is 12.8. The molecule has 14 heteroatoms. The summed E-state index contributed by atoms with van der Waals surface area (Å²) in [7, 11) is 0. The topological polar surface area (TPSA) is 247 Å². The number of benzene rings is 1. The van der Waals surface area contributed by atoms with Crippen LogP contribution in [0.1, 0.15) is 45.1 Å². The van der Waals surface area contributed by atoms with E-state index in [1.54, 1.807) is 37.4 Å². The van der Waals surface area contributed by atoms with Crippen LogP contribution in [0, 0.1) is 5.92 Å². The second-order valence-electron chi connectivity index (χ2n) is 9.60. The van der Waals surface area contributed by atoms with E-state index in [1.165, 1.54) is 0 Å². The molecule has 1 heterocycles. The largest absolute Gasteiger partial charge is 0.481 e. The number of rotatable bonds is 16. The van der Waals surface area contributed by atoms with Gasteiger partial charge >= 0.3 is 11.9 Å². The quantitative estimate of drug-likeness (QED) is 0.130. The Kier molecular flexibility index (Phi) is 11.6. The molecule has 4 amide bonds. The van der Waals surface area contributed by atoms with Gasteiger partial charge in [0.15, 0.2) is 0 Å². The minimum absolute atomic E-state index is 0.101. The van der Waals surface area contributed by atoms with Crippen molar-refractivity contribution in [2.75, 3.05) is 0 Å². The predicted molar refractivity (Wildman–Crippen MR) is 144 cm³/mol. The molecule has 0 radical (unpaired) electrons. The number of para-hydroxylation sites is 1. The number of carbonyl (C=O) groups is 6. The molecule has 2 rings (SSSR count). The van der Waals surface area contributed by atoms with Gasteiger partial charge in [-0.05, 0) is 24.0 Å². The van der Waals surface area contributed by atoms with E-state index >= 15 is 0 Å². The van der Waals surface area contributed by atoms with Crippen LogP contribution in [0.2, 0.25) is 0 Å². The molecular weight excluding hydrogens is 524 g/mol. The number of nitrogens with two attached hydrogens (primary N) is 2. The second-order valence-corrected chi connectivity index (χ2v) is 9.60. The lowest BCUT2D eigenvalue weighted by molar-refractivity contribution is -0.143. The van der Waals surface area contributed by atoms with Crippen molar-refractivity contribution in [1.29, 1.82) is 0 Å². The Balaban J connectivity index is 2.35. The van der Waals surface area contributed by atoms with E-state index in [0.717, 1.165) is 10.9 Å². The number of aromatic nitrogens is 1. The number of amides is 4. The number of hydrogen-bond acceptors (Lipinski definition) is 7. The highest BCUT2D eigenvalue weighted by atomic mass is 16.4. The van der Waals surface area contributed by atoms with Crippen molar-refractivity contribution < 1.29 is 39.0 Å². The predicted octanol–water partition coefficient (Wildman–Crippen LogP) is -0.637. The summed E-state index contributed by atoms with van der Waals surface area (Å²) in [6.45, 7) is 3.59. The van der Waals surface area contributed by atoms with Gasteiger partial charge in [0.05, 0.1) is 12.5 Å². The lowest BCUT2D eigenvalue weighted by Crippen LogP contribution is -2.58. The minimum Gasteiger partial charge on any atom is -0.481 e. The first-order chi connectivity index (χ1) is 18.8. The Morgan fingerprint density at radius 2 is 1.52 bits per heavy atom. The molecule has 5 atom stereocenters. The molecule has 0 bridgehead atoms. The average molecular weight is 561 g/mol. The minimum atomic E-state index is -1.65. The molecule has 2 aromatic rings. The van der Waals surface area contributed by atoms with E-state index in [1.807, 2.05) is 6.92 Å². The number of carboxylic acid groups (broad SMARTS) is 2. The zero-order valence-electron chi connectivity index (χ0n) is 22.3. The molecule has 0 aliphatic rings. The zero-order valence-corrected chi connectivity index (χ0v) is 22.3. The number of primary amides is 1. The fourth-order valence-electron chi connectivity index (χ4n) is 3.99. The smallest absolute Gasteiger partial charge is 0.326 e. The van der Waals surface area contributed by atoms with E-state index in [9.17, 15) is 33.9 Å². The number of carbonyl (C=O) groups excluding carboxylic acids is 4. The van der Waals surface area contributed by atoms with Crippen molar-refractivity contribution in [3.05, 3.63) is 36.0 Å². The van der Waals surface area contributed by atoms with Crippen LogP contribution in [0.5, 0.6) is 0 Å². The molecular formula is C26H36N6O8. The normalized spacial score (nSPS) is 14.8. The van der Waals surface area contributed by atoms with Crippen LogP contribution in [0.4, 0.5) is 0 Å². The summed E-state index contributed by atoms with van der Waals surface area (Å²) in [6, 6.07) is 1.85. The lowest BCUT2D eigenvalue weighted by atomic mass is 9.98. The van der Waals surface area contributed by atoms with Gasteiger partial charge in [0.1, 0.15) is 18.1 Å². The monoisotopic (exact) mass is 560 g/mol. The standard InChI is InChI=1S/C26H36N6O8/c1-3-13(2)22(28)25(38)30-17(8-9-21(34)35)23(36)31-18(24(37)32-19(26(39)40)11-20(27)33)10-14-12-29-16-7-5-4-6-15(14)16/h4-7,12-13,17-19,22,29H,3,8-11,28H2,1-2H3,(H2,27,33)(H,30,38)(H,31,36)(H,32,37)(H,34,35)(H,39,40). The summed E-state index contributed by atoms with van der Waals surface area (Å²) in [6.07, 6.45) is 0.681. The molecule has 1 aromatic heterocycles. The third kappa shape index (κ3) is 9.08. The molecule has 0 aliphatic carbocycles. The van der Waals surface area contributed by atoms with Crippen LogP contribution in [-0.2, 0) is 35.2 Å². The van der Waals surface area contributed by atoms with E-state index < -0.39 is 72.6 Å². The van der Waals surface area contributed by atoms with Crippen molar-refractivity contribution in [2.45, 2.75) is 70.1 Å². The number of hydrogen-bond donors (Lipinski definition) is 8. The summed E-state index contributed by atoms with van der Waals surface area (Å²) in [5, 5.41) is 26.5. The second kappa shape index (κ2) is 14.6. The molecule has 10 N–H and O–H groups in total. The van der Waals surface area contributed by atoms with Gasteiger partial charge in [-0.2, -0.15) is 0 Å². The fourth-order valence-corrected chi connectivity index (χ4v) is 3.99. The molecule has 0 saturated heterocycles. The Morgan fingerprint density at radius 1 is 0.925 bits per heavy atom. The highest BCUT2D eigenvalue weighted by Crippen LogP contribution is 2.19. The van der Waals surface area contributed by atoms with Gasteiger partial charge in [-0.1, -0.05) is 38.5 Å². The van der Waals surface area contributed by atoms with E-state index in [4.69, 9.17) is 16.6 Å². The number of aliphatic carboxylic acids is 2. The van der Waals surface area contributed by atoms with Crippen molar-refractivity contribution >= 4 is 46.5 Å². The molecule has 0 aliphatic heterocycles. The number of nitrogens with one attached hydrogen (secondary N) is 4. The van der Waals surface area contributed by atoms with Gasteiger partial charge in [0, 0.05) is 29.9 Å². The maximum Gasteiger partial charge on any atom is 0.326 e. The van der Waals surface area contributed by atoms with Crippen LogP contribution < -0.4 is 27.4 Å². The van der Waals surface area contributed by atoms with Crippen LogP contribution >= 0.6 is 0 Å². The maximum absolute atomic E-state index is 13.3. The van der Waals surface area contributed by atoms with Crippen molar-refractivity contribution in [3.8, 4) is 0 Å². The third-order valence-corrected chi connectivity index (χ3v) is 6.59. The number of aromatic amines is 1. The molecule has 1 aromatic carbocycles. The Hall–Kier alpha value is -4.46. The zero-order chi connectivity index (χ0) is 30.0. The number of fused-ring (bicyclic) bond motifs is 1. The molecule has 5 unspecified atom stereocenters. The van der Waals surface area contributed by atoms with Gasteiger partial charge < -0.3 is 42.6 Å². The Bertz CT molecular complexity index is 1240. The summed E-state index contributed by atoms with van der Waals surface area (Å²) in [5.74, 6) is -6.35. The van der Waals surface area contributed by atoms with Crippen LogP contribution in [0.3, 0.4) is 0 Å². The molecule has 0 saturated carbocycles. The maximum atomic E-state index is 13.3. The van der Waals surface area contributed by atoms with Crippen molar-refractivity contribution in [2.24, 2.45) is 17.4 Å². The van der Waals surface area contributed by atoms with Gasteiger partial charge in [-0.3, -0.25) is 24.0 Å². The SMILES string of the molecule is CCC(C)C(N)C(=O)NC(CCC(=O)O)C(=O)NC(Cc1c[nH]c2ccccc12)C(=O)NC(CC(N)=O)C(=O)O. The molecule has 218 valence electrons. The lowest BCUT2D eigenvalue weighted by Gasteiger charge is -2.26. The third-order valence-electron chi connectivity index (χ3n) is 6.59. The first-order valence-electron chi connectivity index (χ1n) is 12.8. The van der Waals surface area contributed by atoms with E-state index in [-0.39, 0.29) is 18.8 Å².